The predicted molar refractivity (Wildman–Crippen MR) is 68.9 cm³/mol. The predicted octanol–water partition coefficient (Wildman–Crippen LogP) is 1.68. The molecule has 96 valence electrons. The van der Waals surface area contributed by atoms with Crippen molar-refractivity contribution >= 4 is 23.2 Å². The minimum Gasteiger partial charge on any atom is -0.481 e. The number of hydrogen-bond acceptors (Lipinski definition) is 3. The molecule has 0 aromatic carbocycles. The average molecular weight is 268 g/mol. The molecule has 0 aliphatic heterocycles. The Morgan fingerprint density at radius 2 is 2.28 bits per heavy atom. The van der Waals surface area contributed by atoms with E-state index < -0.39 is 5.97 Å². The average Bonchev–Trinajstić information content (AvgIpc) is 2.58. The van der Waals surface area contributed by atoms with E-state index in [1.54, 1.807) is 6.07 Å². The van der Waals surface area contributed by atoms with Gasteiger partial charge in [-0.25, -0.2) is 4.98 Å². The zero-order valence-electron chi connectivity index (χ0n) is 10.2. The van der Waals surface area contributed by atoms with Crippen molar-refractivity contribution in [3.63, 3.8) is 0 Å². The fourth-order valence-corrected chi connectivity index (χ4v) is 2.09. The van der Waals surface area contributed by atoms with Crippen LogP contribution < -0.4 is 0 Å². The van der Waals surface area contributed by atoms with Crippen molar-refractivity contribution < 1.29 is 9.90 Å². The molecule has 2 aromatic heterocycles. The van der Waals surface area contributed by atoms with Crippen LogP contribution >= 0.6 is 11.6 Å². The highest BCUT2D eigenvalue weighted by Crippen LogP contribution is 2.21. The number of carboxylic acids is 1. The molecule has 0 saturated carbocycles. The maximum absolute atomic E-state index is 10.9. The second kappa shape index (κ2) is 4.96. The van der Waals surface area contributed by atoms with Gasteiger partial charge in [-0.15, -0.1) is 0 Å². The number of imidazole rings is 1. The third kappa shape index (κ3) is 2.47. The summed E-state index contributed by atoms with van der Waals surface area (Å²) in [5.74, 6) is -0.894. The normalized spacial score (nSPS) is 11.3. The van der Waals surface area contributed by atoms with Gasteiger partial charge >= 0.3 is 5.97 Å². The van der Waals surface area contributed by atoms with E-state index in [2.05, 4.69) is 4.98 Å². The molecular weight excluding hydrogens is 254 g/mol. The van der Waals surface area contributed by atoms with Crippen LogP contribution in [0, 0.1) is 0 Å². The van der Waals surface area contributed by atoms with Crippen molar-refractivity contribution in [1.82, 2.24) is 14.3 Å². The van der Waals surface area contributed by atoms with Crippen molar-refractivity contribution in [2.75, 3.05) is 14.1 Å². The fraction of sp³-hybridized carbons (Fsp3) is 0.333. The van der Waals surface area contributed by atoms with Crippen molar-refractivity contribution in [2.24, 2.45) is 0 Å². The molecule has 6 heteroatoms. The van der Waals surface area contributed by atoms with Gasteiger partial charge in [0.1, 0.15) is 0 Å². The van der Waals surface area contributed by atoms with E-state index in [1.165, 1.54) is 0 Å². The van der Waals surface area contributed by atoms with Gasteiger partial charge in [0.2, 0.25) is 0 Å². The summed E-state index contributed by atoms with van der Waals surface area (Å²) in [7, 11) is 3.85. The summed E-state index contributed by atoms with van der Waals surface area (Å²) in [5.41, 5.74) is 2.02. The van der Waals surface area contributed by atoms with E-state index in [4.69, 9.17) is 16.7 Å². The first kappa shape index (κ1) is 12.9. The Balaban J connectivity index is 2.60. The molecule has 2 aromatic rings. The Morgan fingerprint density at radius 3 is 2.89 bits per heavy atom. The van der Waals surface area contributed by atoms with Crippen LogP contribution in [0.1, 0.15) is 11.4 Å². The van der Waals surface area contributed by atoms with E-state index in [0.717, 1.165) is 5.69 Å². The van der Waals surface area contributed by atoms with Crippen LogP contribution in [0.5, 0.6) is 0 Å². The molecular formula is C12H14ClN3O2. The number of carboxylic acid groups (broad SMARTS) is 1. The number of aromatic nitrogens is 2. The van der Waals surface area contributed by atoms with E-state index >= 15 is 0 Å². The molecule has 0 spiro atoms. The number of rotatable bonds is 4. The van der Waals surface area contributed by atoms with Gasteiger partial charge in [-0.05, 0) is 26.2 Å². The van der Waals surface area contributed by atoms with Crippen LogP contribution in [0.15, 0.2) is 18.3 Å². The van der Waals surface area contributed by atoms with Crippen LogP contribution in [0.25, 0.3) is 5.65 Å². The first-order valence-electron chi connectivity index (χ1n) is 5.50. The summed E-state index contributed by atoms with van der Waals surface area (Å²) in [6, 6.07) is 3.56. The third-order valence-corrected chi connectivity index (χ3v) is 2.86. The maximum atomic E-state index is 10.9. The first-order chi connectivity index (χ1) is 8.49. The Labute approximate surface area is 110 Å². The molecule has 0 saturated heterocycles. The fourth-order valence-electron chi connectivity index (χ4n) is 1.88. The van der Waals surface area contributed by atoms with E-state index in [1.807, 2.05) is 35.7 Å². The molecule has 0 unspecified atom stereocenters. The summed E-state index contributed by atoms with van der Waals surface area (Å²) < 4.78 is 1.85. The van der Waals surface area contributed by atoms with Crippen molar-refractivity contribution in [3.8, 4) is 0 Å². The van der Waals surface area contributed by atoms with Gasteiger partial charge in [-0.3, -0.25) is 4.79 Å². The standard InChI is InChI=1S/C12H14ClN3O2/c1-15(2)7-10-9(6-11(17)18)14-12-8(13)4-3-5-16(10)12/h3-5H,6-7H2,1-2H3,(H,17,18). The minimum absolute atomic E-state index is 0.0960. The van der Waals surface area contributed by atoms with E-state index in [-0.39, 0.29) is 6.42 Å². The lowest BCUT2D eigenvalue weighted by molar-refractivity contribution is -0.136. The molecule has 1 N–H and O–H groups in total. The smallest absolute Gasteiger partial charge is 0.309 e. The molecule has 0 amide bonds. The monoisotopic (exact) mass is 267 g/mol. The molecule has 18 heavy (non-hydrogen) atoms. The molecule has 0 radical (unpaired) electrons. The van der Waals surface area contributed by atoms with Crippen molar-refractivity contribution in [1.29, 1.82) is 0 Å². The lowest BCUT2D eigenvalue weighted by Crippen LogP contribution is -2.15. The summed E-state index contributed by atoms with van der Waals surface area (Å²) in [6.07, 6.45) is 1.75. The number of halogens is 1. The summed E-state index contributed by atoms with van der Waals surface area (Å²) in [4.78, 5) is 17.2. The second-order valence-corrected chi connectivity index (χ2v) is 4.77. The zero-order chi connectivity index (χ0) is 13.3. The van der Waals surface area contributed by atoms with Gasteiger partial charge in [0.05, 0.1) is 22.8 Å². The molecule has 2 rings (SSSR count). The van der Waals surface area contributed by atoms with Crippen LogP contribution in [0.3, 0.4) is 0 Å². The number of hydrogen-bond donors (Lipinski definition) is 1. The number of nitrogens with zero attached hydrogens (tertiary/aromatic N) is 3. The Kier molecular flexibility index (Phi) is 3.54. The lowest BCUT2D eigenvalue weighted by Gasteiger charge is -2.10. The Morgan fingerprint density at radius 1 is 1.56 bits per heavy atom. The Hall–Kier alpha value is -1.59. The molecule has 0 fully saturated rings. The first-order valence-corrected chi connectivity index (χ1v) is 5.87. The van der Waals surface area contributed by atoms with E-state index in [9.17, 15) is 4.79 Å². The summed E-state index contributed by atoms with van der Waals surface area (Å²) >= 11 is 6.07. The quantitative estimate of drug-likeness (QED) is 0.916. The number of pyridine rings is 1. The SMILES string of the molecule is CN(C)Cc1c(CC(=O)O)nc2c(Cl)cccn12. The Bertz CT molecular complexity index is 592. The van der Waals surface area contributed by atoms with Crippen molar-refractivity contribution in [3.05, 3.63) is 34.7 Å². The topological polar surface area (TPSA) is 57.8 Å². The van der Waals surface area contributed by atoms with Gasteiger partial charge in [0.25, 0.3) is 0 Å². The maximum Gasteiger partial charge on any atom is 0.309 e. The van der Waals surface area contributed by atoms with Gasteiger partial charge in [-0.2, -0.15) is 0 Å². The van der Waals surface area contributed by atoms with Gasteiger partial charge in [-0.1, -0.05) is 11.6 Å². The largest absolute Gasteiger partial charge is 0.481 e. The number of fused-ring (bicyclic) bond motifs is 1. The third-order valence-electron chi connectivity index (χ3n) is 2.57. The van der Waals surface area contributed by atoms with E-state index in [0.29, 0.717) is 22.9 Å². The molecule has 0 atom stereocenters. The molecule has 2 heterocycles. The highest BCUT2D eigenvalue weighted by atomic mass is 35.5. The molecule has 0 bridgehead atoms. The van der Waals surface area contributed by atoms with Crippen LogP contribution in [0.2, 0.25) is 5.02 Å². The van der Waals surface area contributed by atoms with Crippen LogP contribution in [-0.4, -0.2) is 39.5 Å². The molecule has 5 nitrogen and oxygen atoms in total. The van der Waals surface area contributed by atoms with Gasteiger partial charge in [0, 0.05) is 12.7 Å². The highest BCUT2D eigenvalue weighted by molar-refractivity contribution is 6.33. The lowest BCUT2D eigenvalue weighted by atomic mass is 10.2. The van der Waals surface area contributed by atoms with Gasteiger partial charge < -0.3 is 14.4 Å². The van der Waals surface area contributed by atoms with Crippen molar-refractivity contribution in [2.45, 2.75) is 13.0 Å². The van der Waals surface area contributed by atoms with Crippen LogP contribution in [0.4, 0.5) is 0 Å². The highest BCUT2D eigenvalue weighted by Gasteiger charge is 2.16. The summed E-state index contributed by atoms with van der Waals surface area (Å²) in [6.45, 7) is 0.615. The molecule has 0 aliphatic rings. The number of aliphatic carboxylic acids is 1. The molecule has 0 aliphatic carbocycles. The number of carbonyl (C=O) groups is 1. The summed E-state index contributed by atoms with van der Waals surface area (Å²) in [5, 5.41) is 9.45. The van der Waals surface area contributed by atoms with Crippen LogP contribution in [-0.2, 0) is 17.8 Å². The van der Waals surface area contributed by atoms with Gasteiger partial charge in [0.15, 0.2) is 5.65 Å². The second-order valence-electron chi connectivity index (χ2n) is 4.36. The zero-order valence-corrected chi connectivity index (χ0v) is 11.0. The minimum atomic E-state index is -0.894.